The van der Waals surface area contributed by atoms with Crippen molar-refractivity contribution in [3.8, 4) is 5.75 Å². The van der Waals surface area contributed by atoms with Crippen molar-refractivity contribution in [3.05, 3.63) is 68.2 Å². The molecule has 0 aliphatic heterocycles. The van der Waals surface area contributed by atoms with Crippen LogP contribution in [0.15, 0.2) is 47.6 Å². The summed E-state index contributed by atoms with van der Waals surface area (Å²) in [5.74, 6) is -0.620. The van der Waals surface area contributed by atoms with Crippen molar-refractivity contribution < 1.29 is 14.5 Å². The fourth-order valence-electron chi connectivity index (χ4n) is 1.66. The van der Waals surface area contributed by atoms with E-state index in [4.69, 9.17) is 27.9 Å². The first-order valence-corrected chi connectivity index (χ1v) is 7.35. The number of benzene rings is 2. The van der Waals surface area contributed by atoms with Gasteiger partial charge in [-0.15, -0.1) is 0 Å². The van der Waals surface area contributed by atoms with E-state index in [2.05, 4.69) is 10.5 Å². The lowest BCUT2D eigenvalue weighted by Gasteiger charge is -2.05. The summed E-state index contributed by atoms with van der Waals surface area (Å²) in [4.78, 5) is 21.9. The molecule has 0 saturated carbocycles. The summed E-state index contributed by atoms with van der Waals surface area (Å²) in [5.41, 5.74) is 2.68. The van der Waals surface area contributed by atoms with Crippen molar-refractivity contribution in [3.63, 3.8) is 0 Å². The molecule has 0 heterocycles. The van der Waals surface area contributed by atoms with Crippen molar-refractivity contribution in [2.45, 2.75) is 0 Å². The van der Waals surface area contributed by atoms with Crippen LogP contribution >= 0.6 is 23.2 Å². The summed E-state index contributed by atoms with van der Waals surface area (Å²) in [6.07, 6.45) is 1.43. The van der Waals surface area contributed by atoms with Gasteiger partial charge >= 0.3 is 5.69 Å². The van der Waals surface area contributed by atoms with E-state index >= 15 is 0 Å². The molecule has 1 amide bonds. The van der Waals surface area contributed by atoms with Crippen LogP contribution in [0, 0.1) is 10.1 Å². The van der Waals surface area contributed by atoms with Crippen molar-refractivity contribution in [2.75, 3.05) is 6.61 Å². The number of hydrazone groups is 1. The Morgan fingerprint density at radius 3 is 2.54 bits per heavy atom. The number of nitrogens with one attached hydrogen (secondary N) is 1. The lowest BCUT2D eigenvalue weighted by atomic mass is 10.2. The first-order chi connectivity index (χ1) is 11.5. The molecule has 0 atom stereocenters. The van der Waals surface area contributed by atoms with E-state index < -0.39 is 17.4 Å². The second-order valence-electron chi connectivity index (χ2n) is 4.50. The fourth-order valence-corrected chi connectivity index (χ4v) is 1.95. The maximum atomic E-state index is 11.6. The Balaban J connectivity index is 1.89. The summed E-state index contributed by atoms with van der Waals surface area (Å²) in [6.45, 7) is -0.430. The molecule has 0 radical (unpaired) electrons. The van der Waals surface area contributed by atoms with Gasteiger partial charge in [0.2, 0.25) is 0 Å². The molecule has 1 N–H and O–H groups in total. The first kappa shape index (κ1) is 17.7. The number of halogens is 2. The van der Waals surface area contributed by atoms with Gasteiger partial charge in [0.1, 0.15) is 0 Å². The summed E-state index contributed by atoms with van der Waals surface area (Å²) in [5, 5.41) is 15.4. The molecule has 2 aromatic carbocycles. The minimum Gasteiger partial charge on any atom is -0.477 e. The maximum absolute atomic E-state index is 11.6. The van der Waals surface area contributed by atoms with Crippen molar-refractivity contribution in [1.29, 1.82) is 0 Å². The minimum atomic E-state index is -0.641. The molecule has 2 rings (SSSR count). The fraction of sp³-hybridized carbons (Fsp3) is 0.0667. The molecule has 0 bridgehead atoms. The lowest BCUT2D eigenvalue weighted by Crippen LogP contribution is -2.24. The second kappa shape index (κ2) is 8.28. The molecule has 124 valence electrons. The number of rotatable bonds is 6. The summed E-state index contributed by atoms with van der Waals surface area (Å²) < 4.78 is 5.13. The highest BCUT2D eigenvalue weighted by molar-refractivity contribution is 6.31. The molecule has 24 heavy (non-hydrogen) atoms. The number of carbonyl (C=O) groups excluding carboxylic acids is 1. The highest BCUT2D eigenvalue weighted by atomic mass is 35.5. The predicted octanol–water partition coefficient (Wildman–Crippen LogP) is 3.43. The van der Waals surface area contributed by atoms with Crippen LogP contribution in [0.1, 0.15) is 5.56 Å². The molecular weight excluding hydrogens is 357 g/mol. The van der Waals surface area contributed by atoms with Crippen molar-refractivity contribution in [2.24, 2.45) is 5.10 Å². The molecule has 9 heteroatoms. The van der Waals surface area contributed by atoms with Gasteiger partial charge in [0.15, 0.2) is 12.4 Å². The van der Waals surface area contributed by atoms with Crippen LogP contribution < -0.4 is 10.2 Å². The van der Waals surface area contributed by atoms with Gasteiger partial charge < -0.3 is 4.74 Å². The molecule has 0 saturated heterocycles. The molecule has 0 fully saturated rings. The number of nitrogens with zero attached hydrogens (tertiary/aromatic N) is 2. The first-order valence-electron chi connectivity index (χ1n) is 6.60. The molecular formula is C15H11Cl2N3O4. The third kappa shape index (κ3) is 5.22. The quantitative estimate of drug-likeness (QED) is 0.480. The number of hydrogen-bond acceptors (Lipinski definition) is 5. The topological polar surface area (TPSA) is 93.8 Å². The van der Waals surface area contributed by atoms with Gasteiger partial charge in [0.25, 0.3) is 5.91 Å². The van der Waals surface area contributed by atoms with E-state index in [1.807, 2.05) is 0 Å². The average Bonchev–Trinajstić information content (AvgIpc) is 2.55. The lowest BCUT2D eigenvalue weighted by molar-refractivity contribution is -0.385. The predicted molar refractivity (Wildman–Crippen MR) is 90.8 cm³/mol. The van der Waals surface area contributed by atoms with Crippen LogP contribution in [0.2, 0.25) is 10.0 Å². The van der Waals surface area contributed by atoms with Crippen LogP contribution in [-0.2, 0) is 4.79 Å². The largest absolute Gasteiger partial charge is 0.477 e. The Hall–Kier alpha value is -2.64. The van der Waals surface area contributed by atoms with Crippen LogP contribution in [0.5, 0.6) is 5.75 Å². The van der Waals surface area contributed by atoms with Gasteiger partial charge in [-0.05, 0) is 29.8 Å². The molecule has 0 aliphatic carbocycles. The van der Waals surface area contributed by atoms with E-state index in [1.54, 1.807) is 24.3 Å². The monoisotopic (exact) mass is 367 g/mol. The van der Waals surface area contributed by atoms with Crippen LogP contribution in [-0.4, -0.2) is 23.7 Å². The normalized spacial score (nSPS) is 10.6. The zero-order valence-electron chi connectivity index (χ0n) is 12.1. The molecule has 2 aromatic rings. The number of nitro benzene ring substituents is 1. The van der Waals surface area contributed by atoms with Gasteiger partial charge in [0.05, 0.1) is 11.1 Å². The second-order valence-corrected chi connectivity index (χ2v) is 5.38. The Kier molecular flexibility index (Phi) is 6.11. The van der Waals surface area contributed by atoms with Gasteiger partial charge in [-0.25, -0.2) is 5.43 Å². The molecule has 0 aromatic heterocycles. The van der Waals surface area contributed by atoms with Crippen LogP contribution in [0.4, 0.5) is 5.69 Å². The SMILES string of the molecule is O=C(COc1ccc(Cl)cc1[N+](=O)[O-])N/N=C/c1ccc(Cl)cc1. The van der Waals surface area contributed by atoms with Crippen molar-refractivity contribution >= 4 is 41.0 Å². The Morgan fingerprint density at radius 1 is 1.21 bits per heavy atom. The van der Waals surface area contributed by atoms with Crippen LogP contribution in [0.3, 0.4) is 0 Å². The van der Waals surface area contributed by atoms with E-state index in [1.165, 1.54) is 18.3 Å². The highest BCUT2D eigenvalue weighted by Gasteiger charge is 2.16. The van der Waals surface area contributed by atoms with Crippen LogP contribution in [0.25, 0.3) is 0 Å². The van der Waals surface area contributed by atoms with Gasteiger partial charge in [0, 0.05) is 16.1 Å². The smallest absolute Gasteiger partial charge is 0.312 e. The number of ether oxygens (including phenoxy) is 1. The Labute approximate surface area is 147 Å². The van der Waals surface area contributed by atoms with Gasteiger partial charge in [-0.2, -0.15) is 5.10 Å². The minimum absolute atomic E-state index is 0.0544. The maximum Gasteiger partial charge on any atom is 0.312 e. The molecule has 7 nitrogen and oxygen atoms in total. The third-order valence-electron chi connectivity index (χ3n) is 2.75. The van der Waals surface area contributed by atoms with Crippen molar-refractivity contribution in [1.82, 2.24) is 5.43 Å². The summed E-state index contributed by atoms with van der Waals surface area (Å²) >= 11 is 11.4. The molecule has 0 aliphatic rings. The highest BCUT2D eigenvalue weighted by Crippen LogP contribution is 2.29. The molecule has 0 unspecified atom stereocenters. The number of hydrogen-bond donors (Lipinski definition) is 1. The average molecular weight is 368 g/mol. The molecule has 0 spiro atoms. The zero-order valence-corrected chi connectivity index (χ0v) is 13.6. The number of amides is 1. The van der Waals surface area contributed by atoms with Gasteiger partial charge in [-0.3, -0.25) is 14.9 Å². The number of carbonyl (C=O) groups is 1. The number of nitro groups is 1. The Bertz CT molecular complexity index is 779. The van der Waals surface area contributed by atoms with E-state index in [-0.39, 0.29) is 16.5 Å². The zero-order chi connectivity index (χ0) is 17.5. The third-order valence-corrected chi connectivity index (χ3v) is 3.24. The van der Waals surface area contributed by atoms with E-state index in [0.717, 1.165) is 11.6 Å². The van der Waals surface area contributed by atoms with E-state index in [0.29, 0.717) is 5.02 Å². The standard InChI is InChI=1S/C15H11Cl2N3O4/c16-11-3-1-10(2-4-11)8-18-19-15(21)9-24-14-6-5-12(17)7-13(14)20(22)23/h1-8H,9H2,(H,19,21)/b18-8+. The van der Waals surface area contributed by atoms with E-state index in [9.17, 15) is 14.9 Å². The summed E-state index contributed by atoms with van der Waals surface area (Å²) in [6, 6.07) is 10.7. The van der Waals surface area contributed by atoms with Gasteiger partial charge in [-0.1, -0.05) is 35.3 Å². The Morgan fingerprint density at radius 2 is 1.88 bits per heavy atom. The summed E-state index contributed by atoms with van der Waals surface area (Å²) in [7, 11) is 0.